The van der Waals surface area contributed by atoms with Crippen molar-refractivity contribution in [3.63, 3.8) is 0 Å². The fourth-order valence-electron chi connectivity index (χ4n) is 3.49. The van der Waals surface area contributed by atoms with Crippen LogP contribution in [0.3, 0.4) is 0 Å². The molecule has 1 aliphatic heterocycles. The molecule has 0 fully saturated rings. The fourth-order valence-corrected chi connectivity index (χ4v) is 5.11. The number of pyridine rings is 1. The Labute approximate surface area is 188 Å². The van der Waals surface area contributed by atoms with E-state index in [1.54, 1.807) is 17.5 Å². The molecule has 0 N–H and O–H groups in total. The molecule has 0 atom stereocenters. The summed E-state index contributed by atoms with van der Waals surface area (Å²) in [5, 5.41) is 3.09. The second kappa shape index (κ2) is 8.99. The summed E-state index contributed by atoms with van der Waals surface area (Å²) >= 11 is 3.18. The van der Waals surface area contributed by atoms with Gasteiger partial charge in [0, 0.05) is 33.1 Å². The van der Waals surface area contributed by atoms with Gasteiger partial charge in [-0.15, -0.1) is 23.1 Å². The molecule has 5 nitrogen and oxygen atoms in total. The molecule has 0 saturated heterocycles. The number of aromatic nitrogens is 1. The number of nitrogens with zero attached hydrogens (tertiary/aromatic N) is 2. The Morgan fingerprint density at radius 1 is 1.03 bits per heavy atom. The summed E-state index contributed by atoms with van der Waals surface area (Å²) in [5.41, 5.74) is 1.74. The van der Waals surface area contributed by atoms with Gasteiger partial charge in [-0.2, -0.15) is 0 Å². The summed E-state index contributed by atoms with van der Waals surface area (Å²) in [7, 11) is 0. The van der Waals surface area contributed by atoms with Crippen LogP contribution in [-0.2, 0) is 11.3 Å². The second-order valence-electron chi connectivity index (χ2n) is 7.00. The van der Waals surface area contributed by atoms with Crippen LogP contribution in [0.2, 0.25) is 0 Å². The Morgan fingerprint density at radius 2 is 1.90 bits per heavy atom. The zero-order valence-corrected chi connectivity index (χ0v) is 18.3. The molecular weight excluding hydrogens is 428 g/mol. The van der Waals surface area contributed by atoms with E-state index in [4.69, 9.17) is 9.47 Å². The van der Waals surface area contributed by atoms with E-state index in [2.05, 4.69) is 4.98 Å². The van der Waals surface area contributed by atoms with E-state index in [0.717, 1.165) is 32.1 Å². The predicted molar refractivity (Wildman–Crippen MR) is 125 cm³/mol. The van der Waals surface area contributed by atoms with Crippen LogP contribution in [0.1, 0.15) is 4.88 Å². The van der Waals surface area contributed by atoms with Gasteiger partial charge in [-0.3, -0.25) is 9.78 Å². The number of amides is 1. The van der Waals surface area contributed by atoms with Crippen molar-refractivity contribution >= 4 is 45.6 Å². The molecule has 5 rings (SSSR count). The number of fused-ring (bicyclic) bond motifs is 2. The minimum atomic E-state index is 0.0379. The smallest absolute Gasteiger partial charge is 0.237 e. The van der Waals surface area contributed by atoms with Gasteiger partial charge in [-0.1, -0.05) is 24.3 Å². The van der Waals surface area contributed by atoms with Crippen molar-refractivity contribution in [2.75, 3.05) is 23.9 Å². The molecule has 0 spiro atoms. The Kier molecular flexibility index (Phi) is 5.78. The number of rotatable bonds is 6. The first-order valence-electron chi connectivity index (χ1n) is 9.97. The molecule has 3 heterocycles. The number of carbonyl (C=O) groups is 1. The van der Waals surface area contributed by atoms with Crippen molar-refractivity contribution in [2.24, 2.45) is 0 Å². The van der Waals surface area contributed by atoms with Crippen molar-refractivity contribution in [3.05, 3.63) is 77.1 Å². The van der Waals surface area contributed by atoms with E-state index < -0.39 is 0 Å². The maximum Gasteiger partial charge on any atom is 0.237 e. The number of thiophene rings is 1. The highest BCUT2D eigenvalue weighted by Crippen LogP contribution is 2.35. The summed E-state index contributed by atoms with van der Waals surface area (Å²) in [6.45, 7) is 1.58. The number of hydrogen-bond acceptors (Lipinski definition) is 6. The number of thioether (sulfide) groups is 1. The highest BCUT2D eigenvalue weighted by Gasteiger charge is 2.21. The van der Waals surface area contributed by atoms with Gasteiger partial charge >= 0.3 is 0 Å². The first-order valence-corrected chi connectivity index (χ1v) is 11.8. The van der Waals surface area contributed by atoms with Crippen molar-refractivity contribution < 1.29 is 14.3 Å². The van der Waals surface area contributed by atoms with Crippen molar-refractivity contribution in [1.82, 2.24) is 4.98 Å². The maximum absolute atomic E-state index is 13.4. The molecule has 156 valence electrons. The lowest BCUT2D eigenvalue weighted by Crippen LogP contribution is -2.31. The predicted octanol–water partition coefficient (Wildman–Crippen LogP) is 5.39. The molecule has 31 heavy (non-hydrogen) atoms. The molecule has 0 radical (unpaired) electrons. The first kappa shape index (κ1) is 19.9. The maximum atomic E-state index is 13.4. The van der Waals surface area contributed by atoms with E-state index >= 15 is 0 Å². The average molecular weight is 449 g/mol. The standard InChI is InChI=1S/C24H20N2O3S2/c27-24(16-31-23-9-10-25-20-6-2-1-5-19(20)23)26(15-18-4-3-13-30-18)17-7-8-21-22(14-17)29-12-11-28-21/h1-10,13-14H,11-12,15-16H2. The van der Waals surface area contributed by atoms with Gasteiger partial charge in [0.05, 0.1) is 17.8 Å². The number of hydrogen-bond donors (Lipinski definition) is 0. The highest BCUT2D eigenvalue weighted by atomic mass is 32.2. The zero-order chi connectivity index (χ0) is 21.0. The molecule has 0 saturated carbocycles. The summed E-state index contributed by atoms with van der Waals surface area (Å²) in [4.78, 5) is 21.8. The van der Waals surface area contributed by atoms with E-state index in [0.29, 0.717) is 31.3 Å². The third kappa shape index (κ3) is 4.38. The lowest BCUT2D eigenvalue weighted by molar-refractivity contribution is -0.116. The molecule has 1 amide bonds. The highest BCUT2D eigenvalue weighted by molar-refractivity contribution is 8.00. The van der Waals surface area contributed by atoms with Crippen molar-refractivity contribution in [1.29, 1.82) is 0 Å². The van der Waals surface area contributed by atoms with Crippen LogP contribution in [0, 0.1) is 0 Å². The van der Waals surface area contributed by atoms with Crippen LogP contribution < -0.4 is 14.4 Å². The van der Waals surface area contributed by atoms with Crippen molar-refractivity contribution in [3.8, 4) is 11.5 Å². The molecule has 2 aromatic carbocycles. The van der Waals surface area contributed by atoms with Crippen LogP contribution in [0.15, 0.2) is 77.1 Å². The summed E-state index contributed by atoms with van der Waals surface area (Å²) in [6.07, 6.45) is 1.79. The van der Waals surface area contributed by atoms with E-state index in [1.165, 1.54) is 11.8 Å². The molecule has 0 unspecified atom stereocenters. The molecule has 4 aromatic rings. The van der Waals surface area contributed by atoms with Gasteiger partial charge < -0.3 is 14.4 Å². The Morgan fingerprint density at radius 3 is 2.77 bits per heavy atom. The molecule has 0 aliphatic carbocycles. The summed E-state index contributed by atoms with van der Waals surface area (Å²) < 4.78 is 11.4. The van der Waals surface area contributed by atoms with Crippen LogP contribution in [0.4, 0.5) is 5.69 Å². The van der Waals surface area contributed by atoms with Gasteiger partial charge in [0.2, 0.25) is 5.91 Å². The van der Waals surface area contributed by atoms with Gasteiger partial charge in [-0.25, -0.2) is 0 Å². The number of anilines is 1. The monoisotopic (exact) mass is 448 g/mol. The summed E-state index contributed by atoms with van der Waals surface area (Å²) in [6, 6.07) is 19.7. The Hall–Kier alpha value is -3.03. The molecule has 0 bridgehead atoms. The Balaban J connectivity index is 1.40. The minimum absolute atomic E-state index is 0.0379. The number of benzene rings is 2. The Bertz CT molecular complexity index is 1210. The second-order valence-corrected chi connectivity index (χ2v) is 9.05. The van der Waals surface area contributed by atoms with Crippen LogP contribution in [0.25, 0.3) is 10.9 Å². The topological polar surface area (TPSA) is 51.7 Å². The van der Waals surface area contributed by atoms with Gasteiger partial charge in [0.25, 0.3) is 0 Å². The third-order valence-electron chi connectivity index (χ3n) is 4.99. The van der Waals surface area contributed by atoms with Crippen LogP contribution in [-0.4, -0.2) is 29.9 Å². The molecular formula is C24H20N2O3S2. The van der Waals surface area contributed by atoms with E-state index in [1.807, 2.05) is 70.9 Å². The van der Waals surface area contributed by atoms with Crippen LogP contribution in [0.5, 0.6) is 11.5 Å². The quantitative estimate of drug-likeness (QED) is 0.370. The number of para-hydroxylation sites is 1. The lowest BCUT2D eigenvalue weighted by Gasteiger charge is -2.25. The number of carbonyl (C=O) groups excluding carboxylic acids is 1. The van der Waals surface area contributed by atoms with E-state index in [9.17, 15) is 4.79 Å². The van der Waals surface area contributed by atoms with Gasteiger partial charge in [-0.05, 0) is 35.7 Å². The molecule has 1 aliphatic rings. The molecule has 7 heteroatoms. The van der Waals surface area contributed by atoms with Gasteiger partial charge in [0.1, 0.15) is 13.2 Å². The zero-order valence-electron chi connectivity index (χ0n) is 16.7. The first-order chi connectivity index (χ1) is 15.3. The van der Waals surface area contributed by atoms with E-state index in [-0.39, 0.29) is 5.91 Å². The number of ether oxygens (including phenoxy) is 2. The average Bonchev–Trinajstić information content (AvgIpc) is 3.34. The fraction of sp³-hybridized carbons (Fsp3) is 0.167. The largest absolute Gasteiger partial charge is 0.486 e. The summed E-state index contributed by atoms with van der Waals surface area (Å²) in [5.74, 6) is 1.76. The molecule has 2 aromatic heterocycles. The minimum Gasteiger partial charge on any atom is -0.486 e. The third-order valence-corrected chi connectivity index (χ3v) is 6.91. The van der Waals surface area contributed by atoms with Crippen molar-refractivity contribution in [2.45, 2.75) is 11.4 Å². The SMILES string of the molecule is O=C(CSc1ccnc2ccccc12)N(Cc1cccs1)c1ccc2c(c1)OCCO2. The van der Waals surface area contributed by atoms with Gasteiger partial charge in [0.15, 0.2) is 11.5 Å². The lowest BCUT2D eigenvalue weighted by atomic mass is 10.2. The normalized spacial score (nSPS) is 12.6. The van der Waals surface area contributed by atoms with Crippen LogP contribution >= 0.6 is 23.1 Å².